The maximum absolute atomic E-state index is 13.7. The van der Waals surface area contributed by atoms with Gasteiger partial charge in [0, 0.05) is 18.1 Å². The number of esters is 1. The van der Waals surface area contributed by atoms with E-state index in [4.69, 9.17) is 19.5 Å². The van der Waals surface area contributed by atoms with E-state index < -0.39 is 23.9 Å². The van der Waals surface area contributed by atoms with Gasteiger partial charge in [0.25, 0.3) is 0 Å². The van der Waals surface area contributed by atoms with E-state index in [1.165, 1.54) is 12.1 Å². The fraction of sp³-hybridized carbons (Fsp3) is 0.185. The lowest BCUT2D eigenvalue weighted by molar-refractivity contribution is -0.140. The van der Waals surface area contributed by atoms with Gasteiger partial charge >= 0.3 is 12.0 Å². The minimum Gasteiger partial charge on any atom is -0.457 e. The van der Waals surface area contributed by atoms with Crippen molar-refractivity contribution in [3.05, 3.63) is 100 Å². The summed E-state index contributed by atoms with van der Waals surface area (Å²) in [5, 5.41) is 14.6. The number of hydrogen-bond acceptors (Lipinski definition) is 7. The smallest absolute Gasteiger partial charge is 0.338 e. The molecule has 0 saturated carbocycles. The van der Waals surface area contributed by atoms with Crippen LogP contribution < -0.4 is 20.1 Å². The van der Waals surface area contributed by atoms with Crippen molar-refractivity contribution in [1.29, 1.82) is 5.26 Å². The number of hydrogen-bond donors (Lipinski definition) is 2. The van der Waals surface area contributed by atoms with E-state index in [1.807, 2.05) is 18.2 Å². The molecule has 3 aromatic rings. The normalized spacial score (nSPS) is 16.0. The molecule has 0 aliphatic carbocycles. The second kappa shape index (κ2) is 10.4. The second-order valence-corrected chi connectivity index (χ2v) is 8.40. The number of carbonyl (C=O) groups excluding carboxylic acids is 2. The average Bonchev–Trinajstić information content (AvgIpc) is 3.39. The molecule has 2 amide bonds. The summed E-state index contributed by atoms with van der Waals surface area (Å²) in [5.41, 5.74) is 2.51. The summed E-state index contributed by atoms with van der Waals surface area (Å²) in [6.45, 7) is -0.0151. The van der Waals surface area contributed by atoms with Gasteiger partial charge in [-0.1, -0.05) is 18.2 Å². The van der Waals surface area contributed by atoms with Crippen molar-refractivity contribution >= 4 is 12.0 Å². The lowest BCUT2D eigenvalue weighted by Crippen LogP contribution is -2.46. The number of aryl methyl sites for hydroxylation is 1. The fourth-order valence-electron chi connectivity index (χ4n) is 4.19. The third-order valence-electron chi connectivity index (χ3n) is 6.01. The number of rotatable bonds is 7. The van der Waals surface area contributed by atoms with E-state index in [9.17, 15) is 14.0 Å². The van der Waals surface area contributed by atoms with Crippen molar-refractivity contribution in [3.8, 4) is 17.6 Å². The van der Waals surface area contributed by atoms with E-state index >= 15 is 0 Å². The molecule has 9 nitrogen and oxygen atoms in total. The van der Waals surface area contributed by atoms with Crippen molar-refractivity contribution in [2.75, 3.05) is 6.79 Å². The van der Waals surface area contributed by atoms with Crippen LogP contribution in [0.3, 0.4) is 0 Å². The highest BCUT2D eigenvalue weighted by atomic mass is 19.1. The van der Waals surface area contributed by atoms with Crippen LogP contribution in [0.2, 0.25) is 0 Å². The Morgan fingerprint density at radius 1 is 1.14 bits per heavy atom. The fourth-order valence-corrected chi connectivity index (χ4v) is 4.19. The van der Waals surface area contributed by atoms with E-state index in [2.05, 4.69) is 15.6 Å². The molecule has 0 bridgehead atoms. The van der Waals surface area contributed by atoms with Gasteiger partial charge in [-0.05, 0) is 59.9 Å². The summed E-state index contributed by atoms with van der Waals surface area (Å²) >= 11 is 0. The van der Waals surface area contributed by atoms with Crippen LogP contribution >= 0.6 is 0 Å². The van der Waals surface area contributed by atoms with Crippen LogP contribution in [0.1, 0.15) is 34.7 Å². The molecule has 186 valence electrons. The molecule has 1 aromatic heterocycles. The number of benzene rings is 2. The monoisotopic (exact) mass is 500 g/mol. The minimum absolute atomic E-state index is 0.142. The van der Waals surface area contributed by atoms with Gasteiger partial charge in [-0.2, -0.15) is 5.26 Å². The number of halogens is 1. The van der Waals surface area contributed by atoms with Crippen LogP contribution in [0.5, 0.6) is 11.5 Å². The SMILES string of the molecule is N#Cc1cc(COC(=O)C2=C(CCc3ccc4c(c3)OCO4)NC(=O)NC2c2cccnc2)ccc1F. The molecule has 3 heterocycles. The number of carbonyl (C=O) groups is 2. The summed E-state index contributed by atoms with van der Waals surface area (Å²) < 4.78 is 30.0. The number of nitrogens with one attached hydrogen (secondary N) is 2. The Balaban J connectivity index is 1.42. The van der Waals surface area contributed by atoms with Gasteiger partial charge in [0.2, 0.25) is 6.79 Å². The molecule has 2 aromatic carbocycles. The summed E-state index contributed by atoms with van der Waals surface area (Å²) in [6.07, 6.45) is 4.00. The standard InChI is InChI=1S/C27H21FN4O5/c28-20-6-3-17(10-19(20)12-29)14-35-26(33)24-21(7-4-16-5-8-22-23(11-16)37-15-36-22)31-27(34)32-25(24)18-2-1-9-30-13-18/h1-3,5-6,8-11,13,25H,4,7,14-15H2,(H2,31,32,34). The Hall–Kier alpha value is -4.91. The third-order valence-corrected chi connectivity index (χ3v) is 6.01. The summed E-state index contributed by atoms with van der Waals surface area (Å²) in [5.74, 6) is -0.00378. The van der Waals surface area contributed by atoms with E-state index in [0.29, 0.717) is 41.2 Å². The number of amides is 2. The van der Waals surface area contributed by atoms with Gasteiger partial charge in [0.15, 0.2) is 11.5 Å². The van der Waals surface area contributed by atoms with E-state index in [-0.39, 0.29) is 24.5 Å². The molecule has 2 aliphatic rings. The summed E-state index contributed by atoms with van der Waals surface area (Å²) in [7, 11) is 0. The zero-order valence-corrected chi connectivity index (χ0v) is 19.5. The van der Waals surface area contributed by atoms with Gasteiger partial charge in [-0.3, -0.25) is 4.98 Å². The highest BCUT2D eigenvalue weighted by Crippen LogP contribution is 2.34. The highest BCUT2D eigenvalue weighted by molar-refractivity contribution is 5.95. The Morgan fingerprint density at radius 3 is 2.78 bits per heavy atom. The topological polar surface area (TPSA) is 123 Å². The Bertz CT molecular complexity index is 1430. The van der Waals surface area contributed by atoms with Crippen molar-refractivity contribution in [3.63, 3.8) is 0 Å². The number of nitrogens with zero attached hydrogens (tertiary/aromatic N) is 2. The average molecular weight is 500 g/mol. The van der Waals surface area contributed by atoms with Crippen LogP contribution in [0, 0.1) is 17.1 Å². The predicted octanol–water partition coefficient (Wildman–Crippen LogP) is 3.81. The third kappa shape index (κ3) is 5.21. The molecule has 0 spiro atoms. The number of nitriles is 1. The number of aromatic nitrogens is 1. The number of ether oxygens (including phenoxy) is 3. The van der Waals surface area contributed by atoms with Crippen LogP contribution in [-0.4, -0.2) is 23.8 Å². The summed E-state index contributed by atoms with van der Waals surface area (Å²) in [4.78, 5) is 30.0. The lowest BCUT2D eigenvalue weighted by Gasteiger charge is -2.29. The second-order valence-electron chi connectivity index (χ2n) is 8.40. The number of fused-ring (bicyclic) bond motifs is 1. The lowest BCUT2D eigenvalue weighted by atomic mass is 9.94. The summed E-state index contributed by atoms with van der Waals surface area (Å²) in [6, 6.07) is 13.5. The Labute approximate surface area is 211 Å². The van der Waals surface area contributed by atoms with E-state index in [0.717, 1.165) is 11.6 Å². The Kier molecular flexibility index (Phi) is 6.68. The molecule has 0 fully saturated rings. The van der Waals surface area contributed by atoms with Crippen molar-refractivity contribution in [1.82, 2.24) is 15.6 Å². The molecule has 1 atom stereocenters. The minimum atomic E-state index is -0.787. The largest absolute Gasteiger partial charge is 0.457 e. The molecule has 2 aliphatic heterocycles. The van der Waals surface area contributed by atoms with Crippen molar-refractivity contribution in [2.45, 2.75) is 25.5 Å². The molecule has 2 N–H and O–H groups in total. The molecule has 37 heavy (non-hydrogen) atoms. The van der Waals surface area contributed by atoms with Gasteiger partial charge < -0.3 is 24.8 Å². The zero-order chi connectivity index (χ0) is 25.8. The van der Waals surface area contributed by atoms with E-state index in [1.54, 1.807) is 30.6 Å². The number of pyridine rings is 1. The maximum atomic E-state index is 13.7. The molecular weight excluding hydrogens is 479 g/mol. The van der Waals surface area contributed by atoms with Gasteiger partial charge in [0.1, 0.15) is 18.5 Å². The van der Waals surface area contributed by atoms with Crippen LogP contribution in [0.25, 0.3) is 0 Å². The molecule has 0 saturated heterocycles. The highest BCUT2D eigenvalue weighted by Gasteiger charge is 2.34. The molecule has 10 heteroatoms. The predicted molar refractivity (Wildman–Crippen MR) is 127 cm³/mol. The first-order valence-electron chi connectivity index (χ1n) is 11.5. The number of allylic oxidation sites excluding steroid dienone is 1. The first-order valence-corrected chi connectivity index (χ1v) is 11.5. The quantitative estimate of drug-likeness (QED) is 0.473. The van der Waals surface area contributed by atoms with Crippen molar-refractivity contribution < 1.29 is 28.2 Å². The first-order chi connectivity index (χ1) is 18.0. The molecular formula is C27H21FN4O5. The zero-order valence-electron chi connectivity index (χ0n) is 19.5. The van der Waals surface area contributed by atoms with Gasteiger partial charge in [0.05, 0.1) is 17.2 Å². The van der Waals surface area contributed by atoms with Crippen LogP contribution in [0.4, 0.5) is 9.18 Å². The molecule has 1 unspecified atom stereocenters. The maximum Gasteiger partial charge on any atom is 0.338 e. The Morgan fingerprint density at radius 2 is 1.97 bits per heavy atom. The molecule has 0 radical (unpaired) electrons. The van der Waals surface area contributed by atoms with Crippen LogP contribution in [-0.2, 0) is 22.6 Å². The molecule has 5 rings (SSSR count). The van der Waals surface area contributed by atoms with Gasteiger partial charge in [-0.15, -0.1) is 0 Å². The first kappa shape index (κ1) is 23.8. The van der Waals surface area contributed by atoms with Crippen LogP contribution in [0.15, 0.2) is 72.2 Å². The van der Waals surface area contributed by atoms with Gasteiger partial charge in [-0.25, -0.2) is 14.0 Å². The number of urea groups is 1. The van der Waals surface area contributed by atoms with Crippen molar-refractivity contribution in [2.24, 2.45) is 0 Å².